The quantitative estimate of drug-likeness (QED) is 0.198. The standard InChI is InChI=1S/C36H23BrN2/c37-26-18-19-36-32(22-26)31-14-6-9-17-35(31)39(36)28-21-25(24-10-2-1-3-11-24)20-27(23-28)38-33-15-7-4-12-29(33)30-13-5-8-16-34(30)38/h1-23H/i1D,2D,3D,4D,5D,7D,8D,10D,11D,12D,13D,15D,16D. The van der Waals surface area contributed by atoms with E-state index in [1.165, 1.54) is 10.6 Å². The lowest BCUT2D eigenvalue weighted by molar-refractivity contribution is 1.13. The lowest BCUT2D eigenvalue weighted by Gasteiger charge is -2.16. The summed E-state index contributed by atoms with van der Waals surface area (Å²) >= 11 is 3.56. The van der Waals surface area contributed by atoms with Crippen LogP contribution in [0.2, 0.25) is 0 Å². The molecule has 0 saturated heterocycles. The zero-order chi connectivity index (χ0) is 37.2. The van der Waals surface area contributed by atoms with Crippen molar-refractivity contribution in [3.05, 3.63) is 144 Å². The third-order valence-electron chi connectivity index (χ3n) is 6.87. The highest BCUT2D eigenvalue weighted by atomic mass is 79.9. The van der Waals surface area contributed by atoms with Crippen LogP contribution in [0.15, 0.2) is 144 Å². The molecule has 0 atom stereocenters. The first-order valence-electron chi connectivity index (χ1n) is 18.6. The van der Waals surface area contributed by atoms with Gasteiger partial charge in [-0.05, 0) is 65.7 Å². The molecule has 0 N–H and O–H groups in total. The highest BCUT2D eigenvalue weighted by Crippen LogP contribution is 2.38. The molecule has 0 fully saturated rings. The van der Waals surface area contributed by atoms with E-state index in [0.29, 0.717) is 5.69 Å². The molecule has 184 valence electrons. The van der Waals surface area contributed by atoms with Crippen molar-refractivity contribution >= 4 is 59.5 Å². The summed E-state index contributed by atoms with van der Waals surface area (Å²) in [7, 11) is 0. The minimum absolute atomic E-state index is 0.107. The maximum absolute atomic E-state index is 9.02. The van der Waals surface area contributed by atoms with E-state index < -0.39 is 78.6 Å². The third-order valence-corrected chi connectivity index (χ3v) is 7.37. The van der Waals surface area contributed by atoms with Crippen LogP contribution in [0.3, 0.4) is 0 Å². The first kappa shape index (κ1) is 13.0. The van der Waals surface area contributed by atoms with E-state index in [1.807, 2.05) is 47.0 Å². The summed E-state index contributed by atoms with van der Waals surface area (Å²) in [5.74, 6) is 0. The number of nitrogens with zero attached hydrogens (tertiary/aromatic N) is 2. The lowest BCUT2D eigenvalue weighted by atomic mass is 10.0. The van der Waals surface area contributed by atoms with Gasteiger partial charge in [0.15, 0.2) is 0 Å². The number of fused-ring (bicyclic) bond motifs is 6. The molecule has 8 aromatic rings. The molecule has 3 heteroatoms. The lowest BCUT2D eigenvalue weighted by Crippen LogP contribution is -2.00. The van der Waals surface area contributed by atoms with E-state index in [1.54, 1.807) is 12.1 Å². The number of rotatable bonds is 3. The number of benzene rings is 6. The summed E-state index contributed by atoms with van der Waals surface area (Å²) in [5, 5.41) is 1.57. The molecule has 0 amide bonds. The molecule has 0 radical (unpaired) electrons. The molecular formula is C36H23BrN2. The Balaban J connectivity index is 1.63. The largest absolute Gasteiger partial charge is 0.309 e. The highest BCUT2D eigenvalue weighted by molar-refractivity contribution is 9.10. The van der Waals surface area contributed by atoms with Gasteiger partial charge in [-0.2, -0.15) is 0 Å². The van der Waals surface area contributed by atoms with E-state index in [9.17, 15) is 0 Å². The second-order valence-corrected chi connectivity index (χ2v) is 9.95. The van der Waals surface area contributed by atoms with Crippen LogP contribution in [-0.4, -0.2) is 9.13 Å². The van der Waals surface area contributed by atoms with E-state index in [4.69, 9.17) is 17.8 Å². The third kappa shape index (κ3) is 3.47. The second kappa shape index (κ2) is 8.72. The number of aromatic nitrogens is 2. The van der Waals surface area contributed by atoms with Crippen LogP contribution < -0.4 is 0 Å². The van der Waals surface area contributed by atoms with E-state index in [-0.39, 0.29) is 38.6 Å². The number of para-hydroxylation sites is 3. The van der Waals surface area contributed by atoms with Gasteiger partial charge in [0, 0.05) is 37.4 Å². The number of halogens is 1. The molecule has 0 spiro atoms. The maximum Gasteiger partial charge on any atom is 0.0645 e. The Morgan fingerprint density at radius 1 is 0.462 bits per heavy atom. The van der Waals surface area contributed by atoms with Gasteiger partial charge in [-0.15, -0.1) is 0 Å². The Morgan fingerprint density at radius 2 is 1.05 bits per heavy atom. The predicted molar refractivity (Wildman–Crippen MR) is 168 cm³/mol. The van der Waals surface area contributed by atoms with Gasteiger partial charge in [-0.25, -0.2) is 0 Å². The van der Waals surface area contributed by atoms with Crippen molar-refractivity contribution in [1.29, 1.82) is 0 Å². The van der Waals surface area contributed by atoms with Crippen LogP contribution in [0.5, 0.6) is 0 Å². The SMILES string of the molecule is [2H]c1c([2H])c([2H])c(-c2cc(-n3c4ccccc4c4cc(Br)ccc43)cc(-n3c4c([2H])c([2H])c([2H])c([2H])c4c4c([2H])c([2H])c([2H])c([2H])c43)c2)c([2H])c1[2H]. The van der Waals surface area contributed by atoms with E-state index >= 15 is 0 Å². The van der Waals surface area contributed by atoms with Crippen molar-refractivity contribution < 1.29 is 17.8 Å². The fraction of sp³-hybridized carbons (Fsp3) is 0. The van der Waals surface area contributed by atoms with Gasteiger partial charge in [-0.1, -0.05) is 101 Å². The zero-order valence-electron chi connectivity index (χ0n) is 33.0. The Morgan fingerprint density at radius 3 is 1.77 bits per heavy atom. The number of hydrogen-bond acceptors (Lipinski definition) is 0. The van der Waals surface area contributed by atoms with Crippen LogP contribution in [0.1, 0.15) is 17.8 Å². The van der Waals surface area contributed by atoms with Crippen LogP contribution in [0, 0.1) is 0 Å². The van der Waals surface area contributed by atoms with Crippen molar-refractivity contribution in [2.24, 2.45) is 0 Å². The average Bonchev–Trinajstić information content (AvgIpc) is 3.67. The Hall–Kier alpha value is -4.60. The fourth-order valence-electron chi connectivity index (χ4n) is 5.29. The molecule has 8 rings (SSSR count). The summed E-state index contributed by atoms with van der Waals surface area (Å²) in [5.41, 5.74) is 1.98. The smallest absolute Gasteiger partial charge is 0.0645 e. The first-order valence-corrected chi connectivity index (χ1v) is 12.9. The van der Waals surface area contributed by atoms with Crippen molar-refractivity contribution in [1.82, 2.24) is 9.13 Å². The molecule has 0 unspecified atom stereocenters. The normalized spacial score (nSPS) is 16.4. The van der Waals surface area contributed by atoms with Crippen LogP contribution in [-0.2, 0) is 0 Å². The van der Waals surface area contributed by atoms with Crippen LogP contribution in [0.25, 0.3) is 66.1 Å². The first-order chi connectivity index (χ1) is 24.6. The van der Waals surface area contributed by atoms with Gasteiger partial charge in [0.05, 0.1) is 39.9 Å². The van der Waals surface area contributed by atoms with Crippen molar-refractivity contribution in [3.8, 4) is 22.5 Å². The van der Waals surface area contributed by atoms with Gasteiger partial charge in [0.1, 0.15) is 0 Å². The van der Waals surface area contributed by atoms with Crippen molar-refractivity contribution in [3.63, 3.8) is 0 Å². The van der Waals surface area contributed by atoms with Gasteiger partial charge >= 0.3 is 0 Å². The van der Waals surface area contributed by atoms with Crippen molar-refractivity contribution in [2.75, 3.05) is 0 Å². The van der Waals surface area contributed by atoms with E-state index in [0.717, 1.165) is 26.3 Å². The molecular weight excluding hydrogens is 540 g/mol. The summed E-state index contributed by atoms with van der Waals surface area (Å²) in [6, 6.07) is 11.4. The fourth-order valence-corrected chi connectivity index (χ4v) is 5.66. The molecule has 2 aromatic heterocycles. The Labute approximate surface area is 252 Å². The molecule has 0 aliphatic carbocycles. The highest BCUT2D eigenvalue weighted by Gasteiger charge is 2.17. The molecule has 0 saturated carbocycles. The summed E-state index contributed by atoms with van der Waals surface area (Å²) in [4.78, 5) is 0. The monoisotopic (exact) mass is 575 g/mol. The summed E-state index contributed by atoms with van der Waals surface area (Å²) < 4.78 is 117. The Kier molecular flexibility index (Phi) is 2.90. The summed E-state index contributed by atoms with van der Waals surface area (Å²) in [6.45, 7) is 0. The second-order valence-electron chi connectivity index (χ2n) is 9.03. The molecule has 0 bridgehead atoms. The van der Waals surface area contributed by atoms with Gasteiger partial charge < -0.3 is 9.13 Å². The Bertz CT molecular complexity index is 2810. The molecule has 0 aliphatic heterocycles. The van der Waals surface area contributed by atoms with Gasteiger partial charge in [0.25, 0.3) is 0 Å². The van der Waals surface area contributed by atoms with Gasteiger partial charge in [-0.3, -0.25) is 0 Å². The van der Waals surface area contributed by atoms with Crippen LogP contribution >= 0.6 is 15.9 Å². The molecule has 39 heavy (non-hydrogen) atoms. The van der Waals surface area contributed by atoms with Crippen LogP contribution in [0.4, 0.5) is 0 Å². The summed E-state index contributed by atoms with van der Waals surface area (Å²) in [6.07, 6.45) is 0. The molecule has 2 nitrogen and oxygen atoms in total. The molecule has 2 heterocycles. The zero-order valence-corrected chi connectivity index (χ0v) is 21.6. The molecule has 0 aliphatic rings. The maximum atomic E-state index is 9.02. The predicted octanol–water partition coefficient (Wildman–Crippen LogP) is 10.3. The van der Waals surface area contributed by atoms with E-state index in [2.05, 4.69) is 15.9 Å². The minimum Gasteiger partial charge on any atom is -0.309 e. The minimum atomic E-state index is -0.577. The van der Waals surface area contributed by atoms with Crippen molar-refractivity contribution in [2.45, 2.75) is 0 Å². The van der Waals surface area contributed by atoms with Gasteiger partial charge in [0.2, 0.25) is 0 Å². The molecule has 6 aromatic carbocycles. The topological polar surface area (TPSA) is 9.86 Å². The average molecular weight is 577 g/mol. The number of hydrogen-bond donors (Lipinski definition) is 0.